The number of thioether (sulfide) groups is 1. The van der Waals surface area contributed by atoms with Gasteiger partial charge in [-0.2, -0.15) is 5.10 Å². The van der Waals surface area contributed by atoms with Crippen LogP contribution in [0.5, 0.6) is 5.75 Å². The van der Waals surface area contributed by atoms with Gasteiger partial charge in [-0.25, -0.2) is 0 Å². The van der Waals surface area contributed by atoms with Gasteiger partial charge in [0.2, 0.25) is 6.41 Å². The molecule has 2 atom stereocenters. The maximum Gasteiger partial charge on any atom is 0.251 e. The number of hydrazone groups is 1. The molecule has 0 bridgehead atoms. The predicted molar refractivity (Wildman–Crippen MR) is 140 cm³/mol. The molecule has 4 rings (SSSR count). The van der Waals surface area contributed by atoms with Crippen molar-refractivity contribution in [1.29, 1.82) is 0 Å². The first-order valence-corrected chi connectivity index (χ1v) is 12.4. The van der Waals surface area contributed by atoms with E-state index in [2.05, 4.69) is 15.4 Å². The van der Waals surface area contributed by atoms with Gasteiger partial charge in [0.1, 0.15) is 17.4 Å². The Hall–Kier alpha value is -3.92. The largest absolute Gasteiger partial charge is 0.489 e. The number of para-hydroxylation sites is 1. The molecule has 1 aliphatic heterocycles. The van der Waals surface area contributed by atoms with E-state index < -0.39 is 0 Å². The van der Waals surface area contributed by atoms with Gasteiger partial charge >= 0.3 is 0 Å². The van der Waals surface area contributed by atoms with Crippen LogP contribution >= 0.6 is 11.8 Å². The number of fused-ring (bicyclic) bond motifs is 1. The second-order valence-electron chi connectivity index (χ2n) is 8.51. The number of ether oxygens (including phenoxy) is 1. The van der Waals surface area contributed by atoms with Crippen molar-refractivity contribution >= 4 is 45.6 Å². The molecule has 9 nitrogen and oxygen atoms in total. The van der Waals surface area contributed by atoms with Crippen LogP contribution in [0.4, 0.5) is 0 Å². The summed E-state index contributed by atoms with van der Waals surface area (Å²) in [5.74, 6) is 5.49. The van der Waals surface area contributed by atoms with Crippen LogP contribution in [0.2, 0.25) is 0 Å². The molecule has 1 aromatic heterocycles. The van der Waals surface area contributed by atoms with Gasteiger partial charge in [-0.05, 0) is 61.5 Å². The van der Waals surface area contributed by atoms with Crippen molar-refractivity contribution in [2.75, 3.05) is 13.1 Å². The van der Waals surface area contributed by atoms with Gasteiger partial charge in [0.05, 0.1) is 5.52 Å². The van der Waals surface area contributed by atoms with Crippen LogP contribution in [0, 0.1) is 12.8 Å². The summed E-state index contributed by atoms with van der Waals surface area (Å²) in [4.78, 5) is 41.4. The highest BCUT2D eigenvalue weighted by molar-refractivity contribution is 8.24. The number of hydrogen-bond donors (Lipinski definition) is 2. The highest BCUT2D eigenvalue weighted by Gasteiger charge is 2.34. The topological polar surface area (TPSA) is 127 Å². The Labute approximate surface area is 213 Å². The van der Waals surface area contributed by atoms with Crippen LogP contribution in [0.1, 0.15) is 28.0 Å². The van der Waals surface area contributed by atoms with Crippen LogP contribution in [0.15, 0.2) is 59.7 Å². The number of nitrogens with one attached hydrogen (secondary N) is 1. The lowest BCUT2D eigenvalue weighted by atomic mass is 9.92. The summed E-state index contributed by atoms with van der Waals surface area (Å²) in [7, 11) is 0. The van der Waals surface area contributed by atoms with Gasteiger partial charge < -0.3 is 20.8 Å². The fourth-order valence-corrected chi connectivity index (χ4v) is 4.96. The molecule has 2 heterocycles. The van der Waals surface area contributed by atoms with E-state index in [1.807, 2.05) is 37.3 Å². The average molecular weight is 506 g/mol. The molecule has 2 amide bonds. The molecule has 0 spiro atoms. The minimum atomic E-state index is -0.366. The number of nitrogens with zero attached hydrogens (tertiary/aromatic N) is 3. The molecule has 2 aromatic carbocycles. The molecule has 1 aliphatic rings. The van der Waals surface area contributed by atoms with E-state index in [9.17, 15) is 14.4 Å². The van der Waals surface area contributed by atoms with Crippen LogP contribution in [-0.4, -0.2) is 52.0 Å². The Bertz CT molecular complexity index is 1280. The predicted octanol–water partition coefficient (Wildman–Crippen LogP) is 2.89. The third-order valence-corrected chi connectivity index (χ3v) is 6.91. The smallest absolute Gasteiger partial charge is 0.251 e. The zero-order valence-corrected chi connectivity index (χ0v) is 20.6. The molecule has 3 N–H and O–H groups in total. The Morgan fingerprint density at radius 2 is 2.03 bits per heavy atom. The number of nitrogens with two attached hydrogens (primary N) is 1. The summed E-state index contributed by atoms with van der Waals surface area (Å²) in [6.45, 7) is 3.14. The van der Waals surface area contributed by atoms with E-state index in [1.165, 1.54) is 0 Å². The number of hydrogen-bond acceptors (Lipinski definition) is 8. The van der Waals surface area contributed by atoms with Crippen molar-refractivity contribution in [2.24, 2.45) is 16.9 Å². The van der Waals surface area contributed by atoms with Crippen LogP contribution in [-0.2, 0) is 16.2 Å². The number of piperidine rings is 1. The number of aryl methyl sites for hydroxylation is 1. The first kappa shape index (κ1) is 25.2. The number of carbonyl (C=O) groups excluding carboxylic acids is 3. The molecule has 0 aliphatic carbocycles. The van der Waals surface area contributed by atoms with E-state index in [-0.39, 0.29) is 17.9 Å². The Morgan fingerprint density at radius 1 is 1.25 bits per heavy atom. The second kappa shape index (κ2) is 11.7. The third kappa shape index (κ3) is 5.83. The molecule has 0 radical (unpaired) electrons. The highest BCUT2D eigenvalue weighted by atomic mass is 32.2. The maximum absolute atomic E-state index is 13.0. The van der Waals surface area contributed by atoms with Crippen molar-refractivity contribution in [2.45, 2.75) is 26.0 Å². The van der Waals surface area contributed by atoms with Gasteiger partial charge in [-0.1, -0.05) is 18.2 Å². The van der Waals surface area contributed by atoms with Crippen molar-refractivity contribution in [3.05, 3.63) is 71.4 Å². The summed E-state index contributed by atoms with van der Waals surface area (Å²) in [5, 5.41) is 8.15. The molecule has 1 saturated heterocycles. The quantitative estimate of drug-likeness (QED) is 0.158. The number of carbonyl (C=O) groups is 3. The lowest BCUT2D eigenvalue weighted by molar-refractivity contribution is -0.119. The fraction of sp³-hybridized carbons (Fsp3) is 0.269. The Morgan fingerprint density at radius 3 is 2.75 bits per heavy atom. The zero-order chi connectivity index (χ0) is 25.5. The Kier molecular flexibility index (Phi) is 8.17. The molecule has 3 aromatic rings. The number of pyridine rings is 1. The van der Waals surface area contributed by atoms with Crippen molar-refractivity contribution in [3.63, 3.8) is 0 Å². The summed E-state index contributed by atoms with van der Waals surface area (Å²) < 4.78 is 5.99. The first-order valence-electron chi connectivity index (χ1n) is 11.5. The standard InChI is InChI=1S/C26H27N5O4S/c1-17-12-19(21-4-2-3-5-23(21)28-17)14-35-20-8-6-18(7-9-20)25(34)29-24-10-11-31(15-32)13-22(24)26(30-27)36-16-33/h2-9,12,15-16,22,24H,10-11,13-14,27H2,1H3,(H,29,34)/b30-26-. The molecule has 186 valence electrons. The van der Waals surface area contributed by atoms with Gasteiger partial charge in [-0.3, -0.25) is 19.4 Å². The van der Waals surface area contributed by atoms with Crippen LogP contribution in [0.3, 0.4) is 0 Å². The van der Waals surface area contributed by atoms with Crippen molar-refractivity contribution < 1.29 is 19.1 Å². The van der Waals surface area contributed by atoms with E-state index >= 15 is 0 Å². The van der Waals surface area contributed by atoms with E-state index in [0.29, 0.717) is 48.1 Å². The monoisotopic (exact) mass is 505 g/mol. The molecule has 36 heavy (non-hydrogen) atoms. The molecule has 2 unspecified atom stereocenters. The van der Waals surface area contributed by atoms with Gasteiger partial charge in [-0.15, -0.1) is 0 Å². The molecular weight excluding hydrogens is 478 g/mol. The SMILES string of the molecule is Cc1cc(COc2ccc(C(=O)NC3CCN(C=O)CC3/C(=N/N)SC=O)cc2)c2ccccc2n1. The minimum absolute atomic E-state index is 0.265. The molecule has 0 saturated carbocycles. The van der Waals surface area contributed by atoms with Crippen molar-refractivity contribution in [1.82, 2.24) is 15.2 Å². The number of aromatic nitrogens is 1. The summed E-state index contributed by atoms with van der Waals surface area (Å²) >= 11 is 0.859. The van der Waals surface area contributed by atoms with E-state index in [4.69, 9.17) is 10.6 Å². The minimum Gasteiger partial charge on any atom is -0.489 e. The number of likely N-dealkylation sites (tertiary alicyclic amines) is 1. The van der Waals surface area contributed by atoms with Crippen molar-refractivity contribution in [3.8, 4) is 5.75 Å². The normalized spacial score (nSPS) is 18.0. The highest BCUT2D eigenvalue weighted by Crippen LogP contribution is 2.24. The summed E-state index contributed by atoms with van der Waals surface area (Å²) in [6.07, 6.45) is 1.27. The Balaban J connectivity index is 1.42. The van der Waals surface area contributed by atoms with Gasteiger partial charge in [0.15, 0.2) is 5.62 Å². The van der Waals surface area contributed by atoms with Crippen LogP contribution in [0.25, 0.3) is 10.9 Å². The van der Waals surface area contributed by atoms with Gasteiger partial charge in [0, 0.05) is 47.3 Å². The molecule has 10 heteroatoms. The van der Waals surface area contributed by atoms with E-state index in [1.54, 1.807) is 29.2 Å². The van der Waals surface area contributed by atoms with Crippen LogP contribution < -0.4 is 15.9 Å². The maximum atomic E-state index is 13.0. The zero-order valence-electron chi connectivity index (χ0n) is 19.8. The molecule has 1 fully saturated rings. The number of benzene rings is 2. The third-order valence-electron chi connectivity index (χ3n) is 6.16. The summed E-state index contributed by atoms with van der Waals surface area (Å²) in [5.41, 5.74) is 4.00. The molecular formula is C26H27N5O4S. The first-order chi connectivity index (χ1) is 17.5. The van der Waals surface area contributed by atoms with E-state index in [0.717, 1.165) is 40.3 Å². The number of amides is 2. The average Bonchev–Trinajstić information content (AvgIpc) is 2.90. The number of rotatable bonds is 8. The lowest BCUT2D eigenvalue weighted by Gasteiger charge is -2.37. The fourth-order valence-electron chi connectivity index (χ4n) is 4.39. The lowest BCUT2D eigenvalue weighted by Crippen LogP contribution is -2.53. The van der Waals surface area contributed by atoms with Gasteiger partial charge in [0.25, 0.3) is 5.91 Å². The summed E-state index contributed by atoms with van der Waals surface area (Å²) in [6, 6.07) is 16.6. The second-order valence-corrected chi connectivity index (χ2v) is 9.36.